The Balaban J connectivity index is 1.49. The predicted molar refractivity (Wildman–Crippen MR) is 92.7 cm³/mol. The molecule has 2 bridgehead atoms. The molecule has 2 aliphatic heterocycles. The Labute approximate surface area is 142 Å². The first-order valence-corrected chi connectivity index (χ1v) is 8.82. The quantitative estimate of drug-likeness (QED) is 0.907. The van der Waals surface area contributed by atoms with Crippen molar-refractivity contribution in [1.82, 2.24) is 10.3 Å². The molecule has 2 atom stereocenters. The maximum Gasteiger partial charge on any atom is 0.138 e. The Hall–Kier alpha value is -1.91. The van der Waals surface area contributed by atoms with Gasteiger partial charge in [0.15, 0.2) is 0 Å². The first-order valence-electron chi connectivity index (χ1n) is 8.82. The van der Waals surface area contributed by atoms with E-state index in [-0.39, 0.29) is 0 Å². The van der Waals surface area contributed by atoms with Gasteiger partial charge in [-0.05, 0) is 37.3 Å². The second-order valence-electron chi connectivity index (χ2n) is 7.11. The molecule has 0 spiro atoms. The lowest BCUT2D eigenvalue weighted by Crippen LogP contribution is -2.54. The summed E-state index contributed by atoms with van der Waals surface area (Å²) in [6.45, 7) is 0.511. The van der Waals surface area contributed by atoms with Gasteiger partial charge in [-0.2, -0.15) is 0 Å². The number of pyridine rings is 1. The molecule has 2 N–H and O–H groups in total. The highest BCUT2D eigenvalue weighted by molar-refractivity contribution is 5.30. The van der Waals surface area contributed by atoms with Crippen LogP contribution >= 0.6 is 0 Å². The number of nitrogens with zero attached hydrogens (tertiary/aromatic N) is 1. The third-order valence-electron chi connectivity index (χ3n) is 5.24. The Bertz CT molecular complexity index is 677. The van der Waals surface area contributed by atoms with Crippen molar-refractivity contribution < 1.29 is 9.84 Å². The number of hydrogen-bond donors (Lipinski definition) is 2. The molecule has 0 saturated carbocycles. The van der Waals surface area contributed by atoms with E-state index in [4.69, 9.17) is 4.74 Å². The summed E-state index contributed by atoms with van der Waals surface area (Å²) in [7, 11) is 0. The lowest BCUT2D eigenvalue weighted by atomic mass is 9.74. The maximum absolute atomic E-state index is 11.2. The molecule has 0 amide bonds. The van der Waals surface area contributed by atoms with Crippen LogP contribution in [0.4, 0.5) is 0 Å². The van der Waals surface area contributed by atoms with Crippen LogP contribution in [0.2, 0.25) is 0 Å². The number of fused-ring (bicyclic) bond motifs is 2. The molecule has 2 aliphatic rings. The molecule has 1 aromatic carbocycles. The van der Waals surface area contributed by atoms with Crippen LogP contribution in [0, 0.1) is 0 Å². The number of nitrogens with one attached hydrogen (secondary N) is 1. The zero-order valence-electron chi connectivity index (χ0n) is 13.8. The smallest absolute Gasteiger partial charge is 0.138 e. The number of piperidine rings is 2. The van der Waals surface area contributed by atoms with E-state index in [9.17, 15) is 5.11 Å². The van der Waals surface area contributed by atoms with Crippen LogP contribution in [0.25, 0.3) is 0 Å². The van der Waals surface area contributed by atoms with Gasteiger partial charge in [0, 0.05) is 23.8 Å². The van der Waals surface area contributed by atoms with Crippen LogP contribution in [-0.4, -0.2) is 22.2 Å². The summed E-state index contributed by atoms with van der Waals surface area (Å²) >= 11 is 0. The number of hydrogen-bond acceptors (Lipinski definition) is 4. The van der Waals surface area contributed by atoms with Gasteiger partial charge in [0.2, 0.25) is 0 Å². The van der Waals surface area contributed by atoms with E-state index < -0.39 is 5.60 Å². The van der Waals surface area contributed by atoms with E-state index in [0.29, 0.717) is 24.4 Å². The minimum Gasteiger partial charge on any atom is -0.487 e. The van der Waals surface area contributed by atoms with E-state index in [1.807, 2.05) is 36.4 Å². The molecule has 24 heavy (non-hydrogen) atoms. The Morgan fingerprint density at radius 1 is 1.12 bits per heavy atom. The van der Waals surface area contributed by atoms with Crippen LogP contribution < -0.4 is 10.1 Å². The van der Waals surface area contributed by atoms with Crippen molar-refractivity contribution in [3.63, 3.8) is 0 Å². The summed E-state index contributed by atoms with van der Waals surface area (Å²) in [5.41, 5.74) is 1.21. The van der Waals surface area contributed by atoms with Crippen LogP contribution in [-0.2, 0) is 12.2 Å². The van der Waals surface area contributed by atoms with Gasteiger partial charge in [-0.25, -0.2) is 0 Å². The van der Waals surface area contributed by atoms with Crippen molar-refractivity contribution >= 4 is 0 Å². The normalized spacial score (nSPS) is 29.2. The Kier molecular flexibility index (Phi) is 4.25. The SMILES string of the molecule is OC1(c2cncc(OCc3ccccc3)c2)CC2CCCC(C1)N2. The Morgan fingerprint density at radius 2 is 1.88 bits per heavy atom. The highest BCUT2D eigenvalue weighted by Crippen LogP contribution is 2.40. The summed E-state index contributed by atoms with van der Waals surface area (Å²) in [6.07, 6.45) is 8.58. The van der Waals surface area contributed by atoms with Crippen molar-refractivity contribution in [3.8, 4) is 5.75 Å². The fraction of sp³-hybridized carbons (Fsp3) is 0.450. The minimum atomic E-state index is -0.792. The third kappa shape index (κ3) is 3.30. The molecule has 4 rings (SSSR count). The topological polar surface area (TPSA) is 54.4 Å². The average molecular weight is 324 g/mol. The first-order chi connectivity index (χ1) is 11.7. The van der Waals surface area contributed by atoms with Crippen LogP contribution in [0.15, 0.2) is 48.8 Å². The van der Waals surface area contributed by atoms with Crippen LogP contribution in [0.5, 0.6) is 5.75 Å². The number of aromatic nitrogens is 1. The monoisotopic (exact) mass is 324 g/mol. The molecular weight excluding hydrogens is 300 g/mol. The zero-order valence-corrected chi connectivity index (χ0v) is 13.8. The lowest BCUT2D eigenvalue weighted by Gasteiger charge is -2.45. The molecular formula is C20H24N2O2. The van der Waals surface area contributed by atoms with Crippen molar-refractivity contribution in [2.24, 2.45) is 0 Å². The Morgan fingerprint density at radius 3 is 2.62 bits per heavy atom. The second kappa shape index (κ2) is 6.54. The fourth-order valence-electron chi connectivity index (χ4n) is 4.06. The average Bonchev–Trinajstić information content (AvgIpc) is 2.61. The van der Waals surface area contributed by atoms with E-state index in [2.05, 4.69) is 10.3 Å². The number of rotatable bonds is 4. The molecule has 2 unspecified atom stereocenters. The largest absolute Gasteiger partial charge is 0.487 e. The molecule has 4 heteroatoms. The zero-order chi connectivity index (χ0) is 16.4. The molecule has 0 radical (unpaired) electrons. The molecule has 1 aromatic heterocycles. The highest BCUT2D eigenvalue weighted by atomic mass is 16.5. The van der Waals surface area contributed by atoms with Crippen molar-refractivity contribution in [1.29, 1.82) is 0 Å². The highest BCUT2D eigenvalue weighted by Gasteiger charge is 2.42. The number of benzene rings is 1. The van der Waals surface area contributed by atoms with Gasteiger partial charge >= 0.3 is 0 Å². The summed E-state index contributed by atoms with van der Waals surface area (Å²) in [5, 5.41) is 14.8. The van der Waals surface area contributed by atoms with Crippen molar-refractivity contribution in [3.05, 3.63) is 59.9 Å². The van der Waals surface area contributed by atoms with Gasteiger partial charge in [-0.15, -0.1) is 0 Å². The summed E-state index contributed by atoms with van der Waals surface area (Å²) in [5.74, 6) is 0.716. The number of aliphatic hydroxyl groups is 1. The van der Waals surface area contributed by atoms with Gasteiger partial charge in [-0.3, -0.25) is 4.98 Å². The number of ether oxygens (including phenoxy) is 1. The molecule has 4 nitrogen and oxygen atoms in total. The molecule has 0 aliphatic carbocycles. The van der Waals surface area contributed by atoms with Gasteiger partial charge in [0.05, 0.1) is 11.8 Å². The van der Waals surface area contributed by atoms with Gasteiger partial charge in [-0.1, -0.05) is 36.8 Å². The first kappa shape index (κ1) is 15.6. The van der Waals surface area contributed by atoms with Gasteiger partial charge in [0.25, 0.3) is 0 Å². The van der Waals surface area contributed by atoms with E-state index in [1.165, 1.54) is 6.42 Å². The second-order valence-corrected chi connectivity index (χ2v) is 7.11. The van der Waals surface area contributed by atoms with E-state index in [0.717, 1.165) is 36.8 Å². The molecule has 3 heterocycles. The molecule has 2 aromatic rings. The van der Waals surface area contributed by atoms with Crippen LogP contribution in [0.1, 0.15) is 43.2 Å². The van der Waals surface area contributed by atoms with Crippen molar-refractivity contribution in [2.75, 3.05) is 0 Å². The van der Waals surface area contributed by atoms with Gasteiger partial charge in [0.1, 0.15) is 12.4 Å². The van der Waals surface area contributed by atoms with Gasteiger partial charge < -0.3 is 15.2 Å². The minimum absolute atomic E-state index is 0.413. The summed E-state index contributed by atoms with van der Waals surface area (Å²) in [4.78, 5) is 4.31. The van der Waals surface area contributed by atoms with E-state index >= 15 is 0 Å². The predicted octanol–water partition coefficient (Wildman–Crippen LogP) is 3.15. The molecule has 2 saturated heterocycles. The maximum atomic E-state index is 11.2. The fourth-order valence-corrected chi connectivity index (χ4v) is 4.06. The lowest BCUT2D eigenvalue weighted by molar-refractivity contribution is -0.0362. The van der Waals surface area contributed by atoms with E-state index in [1.54, 1.807) is 12.4 Å². The molecule has 2 fully saturated rings. The summed E-state index contributed by atoms with van der Waals surface area (Å²) < 4.78 is 5.87. The molecule has 126 valence electrons. The summed E-state index contributed by atoms with van der Waals surface area (Å²) in [6, 6.07) is 12.9. The van der Waals surface area contributed by atoms with Crippen molar-refractivity contribution in [2.45, 2.75) is 56.4 Å². The standard InChI is InChI=1S/C20H24N2O2/c23-20(10-17-7-4-8-18(11-20)22-17)16-9-19(13-21-12-16)24-14-15-5-2-1-3-6-15/h1-3,5-6,9,12-13,17-18,22-23H,4,7-8,10-11,14H2. The van der Waals surface area contributed by atoms with Crippen LogP contribution in [0.3, 0.4) is 0 Å². The third-order valence-corrected chi connectivity index (χ3v) is 5.24.